The van der Waals surface area contributed by atoms with Crippen LogP contribution in [0.15, 0.2) is 18.2 Å². The summed E-state index contributed by atoms with van der Waals surface area (Å²) in [6.45, 7) is 4.07. The van der Waals surface area contributed by atoms with Crippen LogP contribution >= 0.6 is 22.9 Å². The van der Waals surface area contributed by atoms with E-state index in [0.717, 1.165) is 16.3 Å². The zero-order chi connectivity index (χ0) is 14.3. The Hall–Kier alpha value is -0.970. The monoisotopic (exact) mass is 310 g/mol. The van der Waals surface area contributed by atoms with E-state index in [1.807, 2.05) is 13.0 Å². The van der Waals surface area contributed by atoms with Crippen LogP contribution in [0.25, 0.3) is 0 Å². The van der Waals surface area contributed by atoms with Gasteiger partial charge in [0.15, 0.2) is 0 Å². The van der Waals surface area contributed by atoms with Gasteiger partial charge in [0.25, 0.3) is 0 Å². The Morgan fingerprint density at radius 2 is 2.15 bits per heavy atom. The molecular formula is C15H16ClFN2S. The highest BCUT2D eigenvalue weighted by Gasteiger charge is 2.28. The van der Waals surface area contributed by atoms with Gasteiger partial charge < -0.3 is 5.32 Å². The summed E-state index contributed by atoms with van der Waals surface area (Å²) >= 11 is 7.44. The average Bonchev–Trinajstić information content (AvgIpc) is 3.17. The molecule has 1 N–H and O–H groups in total. The molecule has 0 amide bonds. The van der Waals surface area contributed by atoms with Crippen LogP contribution in [-0.4, -0.2) is 11.0 Å². The summed E-state index contributed by atoms with van der Waals surface area (Å²) in [6.07, 6.45) is 2.35. The molecule has 1 unspecified atom stereocenters. The topological polar surface area (TPSA) is 24.9 Å². The molecule has 1 heterocycles. The van der Waals surface area contributed by atoms with Crippen LogP contribution in [0.5, 0.6) is 0 Å². The zero-order valence-corrected chi connectivity index (χ0v) is 13.0. The SMILES string of the molecule is Cc1nc(C(NC2CC2)c2ccc(Cl)c(F)c2)sc1C. The van der Waals surface area contributed by atoms with Crippen molar-refractivity contribution in [2.75, 3.05) is 0 Å². The van der Waals surface area contributed by atoms with Crippen molar-refractivity contribution in [3.05, 3.63) is 50.2 Å². The van der Waals surface area contributed by atoms with Crippen LogP contribution in [0, 0.1) is 19.7 Å². The Balaban J connectivity index is 1.97. The van der Waals surface area contributed by atoms with Crippen molar-refractivity contribution in [3.63, 3.8) is 0 Å². The molecule has 3 rings (SSSR count). The number of rotatable bonds is 4. The van der Waals surface area contributed by atoms with Gasteiger partial charge in [0.05, 0.1) is 16.8 Å². The van der Waals surface area contributed by atoms with Crippen LogP contribution in [-0.2, 0) is 0 Å². The number of thiazole rings is 1. The number of nitrogens with zero attached hydrogens (tertiary/aromatic N) is 1. The third-order valence-electron chi connectivity index (χ3n) is 3.55. The molecule has 1 aliphatic rings. The van der Waals surface area contributed by atoms with Crippen molar-refractivity contribution in [3.8, 4) is 0 Å². The van der Waals surface area contributed by atoms with Crippen molar-refractivity contribution >= 4 is 22.9 Å². The molecule has 106 valence electrons. The molecule has 2 aromatic rings. The lowest BCUT2D eigenvalue weighted by Crippen LogP contribution is -2.24. The molecule has 0 radical (unpaired) electrons. The van der Waals surface area contributed by atoms with E-state index >= 15 is 0 Å². The van der Waals surface area contributed by atoms with Crippen molar-refractivity contribution in [1.29, 1.82) is 0 Å². The molecule has 0 spiro atoms. The highest BCUT2D eigenvalue weighted by molar-refractivity contribution is 7.11. The maximum Gasteiger partial charge on any atom is 0.142 e. The highest BCUT2D eigenvalue weighted by Crippen LogP contribution is 2.33. The van der Waals surface area contributed by atoms with Crippen LogP contribution < -0.4 is 5.32 Å². The summed E-state index contributed by atoms with van der Waals surface area (Å²) in [5, 5.41) is 4.70. The lowest BCUT2D eigenvalue weighted by atomic mass is 10.1. The van der Waals surface area contributed by atoms with Gasteiger partial charge in [-0.25, -0.2) is 9.37 Å². The number of halogens is 2. The number of nitrogens with one attached hydrogen (secondary N) is 1. The molecule has 1 atom stereocenters. The maximum atomic E-state index is 13.7. The average molecular weight is 311 g/mol. The lowest BCUT2D eigenvalue weighted by molar-refractivity contribution is 0.584. The molecule has 0 aliphatic heterocycles. The first-order valence-corrected chi connectivity index (χ1v) is 7.89. The van der Waals surface area contributed by atoms with Gasteiger partial charge in [0.2, 0.25) is 0 Å². The van der Waals surface area contributed by atoms with Gasteiger partial charge in [-0.1, -0.05) is 17.7 Å². The Kier molecular flexibility index (Phi) is 3.80. The van der Waals surface area contributed by atoms with E-state index < -0.39 is 0 Å². The summed E-state index contributed by atoms with van der Waals surface area (Å²) in [5.74, 6) is -0.378. The van der Waals surface area contributed by atoms with Gasteiger partial charge in [-0.05, 0) is 44.4 Å². The second-order valence-corrected chi connectivity index (χ2v) is 6.88. The fourth-order valence-corrected chi connectivity index (χ4v) is 3.24. The van der Waals surface area contributed by atoms with Crippen LogP contribution in [0.1, 0.15) is 40.0 Å². The summed E-state index contributed by atoms with van der Waals surface area (Å²) in [5.41, 5.74) is 1.93. The summed E-state index contributed by atoms with van der Waals surface area (Å²) < 4.78 is 13.7. The van der Waals surface area contributed by atoms with Crippen molar-refractivity contribution in [1.82, 2.24) is 10.3 Å². The molecule has 2 nitrogen and oxygen atoms in total. The smallest absolute Gasteiger partial charge is 0.142 e. The fourth-order valence-electron chi connectivity index (χ4n) is 2.11. The quantitative estimate of drug-likeness (QED) is 0.905. The molecule has 20 heavy (non-hydrogen) atoms. The molecular weight excluding hydrogens is 295 g/mol. The summed E-state index contributed by atoms with van der Waals surface area (Å²) in [4.78, 5) is 5.83. The van der Waals surface area contributed by atoms with Crippen LogP contribution in [0.4, 0.5) is 4.39 Å². The molecule has 0 bridgehead atoms. The van der Waals surface area contributed by atoms with Gasteiger partial charge in [0.1, 0.15) is 10.8 Å². The standard InChI is InChI=1S/C15H16ClFN2S/c1-8-9(2)20-15(18-8)14(19-11-4-5-11)10-3-6-12(16)13(17)7-10/h3,6-7,11,14,19H,4-5H2,1-2H3. The predicted molar refractivity (Wildman–Crippen MR) is 81.0 cm³/mol. The van der Waals surface area contributed by atoms with Gasteiger partial charge in [-0.3, -0.25) is 0 Å². The first-order valence-electron chi connectivity index (χ1n) is 6.69. The Bertz CT molecular complexity index is 617. The van der Waals surface area contributed by atoms with Crippen LogP contribution in [0.2, 0.25) is 5.02 Å². The minimum atomic E-state index is -0.378. The van der Waals surface area contributed by atoms with Gasteiger partial charge in [0, 0.05) is 10.9 Å². The maximum absolute atomic E-state index is 13.7. The number of aryl methyl sites for hydroxylation is 2. The Labute approximate surface area is 127 Å². The molecule has 1 fully saturated rings. The van der Waals surface area contributed by atoms with E-state index in [0.29, 0.717) is 6.04 Å². The predicted octanol–water partition coefficient (Wildman–Crippen LogP) is 4.39. The number of hydrogen-bond acceptors (Lipinski definition) is 3. The summed E-state index contributed by atoms with van der Waals surface area (Å²) in [7, 11) is 0. The minimum absolute atomic E-state index is 0.0494. The number of aromatic nitrogens is 1. The fraction of sp³-hybridized carbons (Fsp3) is 0.400. The lowest BCUT2D eigenvalue weighted by Gasteiger charge is -2.17. The zero-order valence-electron chi connectivity index (χ0n) is 11.4. The van der Waals surface area contributed by atoms with E-state index in [9.17, 15) is 4.39 Å². The first kappa shape index (κ1) is 14.0. The Morgan fingerprint density at radius 1 is 1.40 bits per heavy atom. The number of hydrogen-bond donors (Lipinski definition) is 1. The largest absolute Gasteiger partial charge is 0.301 e. The number of benzene rings is 1. The van der Waals surface area contributed by atoms with Gasteiger partial charge in [-0.15, -0.1) is 11.3 Å². The molecule has 1 aliphatic carbocycles. The second kappa shape index (κ2) is 5.43. The third kappa shape index (κ3) is 2.87. The molecule has 1 aromatic carbocycles. The van der Waals surface area contributed by atoms with Crippen molar-refractivity contribution in [2.24, 2.45) is 0 Å². The Morgan fingerprint density at radius 3 is 2.70 bits per heavy atom. The molecule has 1 saturated carbocycles. The van der Waals surface area contributed by atoms with Gasteiger partial charge >= 0.3 is 0 Å². The normalized spacial score (nSPS) is 16.4. The van der Waals surface area contributed by atoms with E-state index in [1.165, 1.54) is 23.8 Å². The van der Waals surface area contributed by atoms with E-state index in [2.05, 4.69) is 17.2 Å². The third-order valence-corrected chi connectivity index (χ3v) is 4.99. The van der Waals surface area contributed by atoms with E-state index in [-0.39, 0.29) is 16.9 Å². The van der Waals surface area contributed by atoms with Crippen LogP contribution in [0.3, 0.4) is 0 Å². The first-order chi connectivity index (χ1) is 9.54. The second-order valence-electron chi connectivity index (χ2n) is 5.24. The molecule has 5 heteroatoms. The van der Waals surface area contributed by atoms with Crippen molar-refractivity contribution < 1.29 is 4.39 Å². The van der Waals surface area contributed by atoms with Crippen molar-refractivity contribution in [2.45, 2.75) is 38.8 Å². The van der Waals surface area contributed by atoms with Gasteiger partial charge in [-0.2, -0.15) is 0 Å². The molecule has 1 aromatic heterocycles. The summed E-state index contributed by atoms with van der Waals surface area (Å²) in [6, 6.07) is 5.46. The minimum Gasteiger partial charge on any atom is -0.301 e. The highest BCUT2D eigenvalue weighted by atomic mass is 35.5. The van der Waals surface area contributed by atoms with E-state index in [4.69, 9.17) is 11.6 Å². The van der Waals surface area contributed by atoms with E-state index in [1.54, 1.807) is 17.4 Å². The molecule has 0 saturated heterocycles.